The van der Waals surface area contributed by atoms with Crippen molar-refractivity contribution in [3.8, 4) is 0 Å². The van der Waals surface area contributed by atoms with Crippen LogP contribution in [0, 0.1) is 11.7 Å². The molecule has 0 radical (unpaired) electrons. The number of hydrogen-bond acceptors (Lipinski definition) is 5. The summed E-state index contributed by atoms with van der Waals surface area (Å²) in [5.74, 6) is -3.59. The second kappa shape index (κ2) is 8.34. The minimum Gasteiger partial charge on any atom is -0.370 e. The van der Waals surface area contributed by atoms with E-state index in [0.717, 1.165) is 12.5 Å². The molecular formula is C18H21FN4O5. The molecule has 0 spiro atoms. The zero-order valence-corrected chi connectivity index (χ0v) is 15.1. The van der Waals surface area contributed by atoms with Crippen LogP contribution < -0.4 is 21.3 Å². The molecule has 0 aromatic heterocycles. The van der Waals surface area contributed by atoms with Gasteiger partial charge in [0.1, 0.15) is 12.4 Å². The molecule has 1 aliphatic carbocycles. The van der Waals surface area contributed by atoms with E-state index < -0.39 is 29.6 Å². The quantitative estimate of drug-likeness (QED) is 0.582. The standard InChI is InChI=1S/C18H21FN4O5/c19-12-8-11(4-5-13(12)23-6-7-28-9-14(23)24)21-18(27)15(16(20)25)22-17(26)10-2-1-3-10/h4-5,8,10,15H,1-3,6-7,9H2,(H2,20,25)(H,21,27)(H,22,26)/t15-/m1/s1. The SMILES string of the molecule is NC(=O)[C@@H](NC(=O)C1CCC1)C(=O)Nc1ccc(N2CCOCC2=O)c(F)c1. The van der Waals surface area contributed by atoms with Crippen LogP contribution in [0.3, 0.4) is 0 Å². The number of rotatable bonds is 6. The second-order valence-electron chi connectivity index (χ2n) is 6.73. The van der Waals surface area contributed by atoms with Crippen molar-refractivity contribution >= 4 is 35.0 Å². The van der Waals surface area contributed by atoms with Crippen LogP contribution in [0.4, 0.5) is 15.8 Å². The van der Waals surface area contributed by atoms with Gasteiger partial charge in [-0.3, -0.25) is 19.2 Å². The monoisotopic (exact) mass is 392 g/mol. The molecule has 1 aromatic rings. The van der Waals surface area contributed by atoms with Crippen molar-refractivity contribution in [2.45, 2.75) is 25.3 Å². The van der Waals surface area contributed by atoms with Gasteiger partial charge in [-0.1, -0.05) is 6.42 Å². The summed E-state index contributed by atoms with van der Waals surface area (Å²) in [5.41, 5.74) is 5.35. The number of halogens is 1. The topological polar surface area (TPSA) is 131 Å². The number of nitrogens with two attached hydrogens (primary N) is 1. The summed E-state index contributed by atoms with van der Waals surface area (Å²) in [6, 6.07) is 2.21. The Balaban J connectivity index is 1.68. The molecular weight excluding hydrogens is 371 g/mol. The maximum absolute atomic E-state index is 14.4. The third-order valence-corrected chi connectivity index (χ3v) is 4.80. The maximum Gasteiger partial charge on any atom is 0.256 e. The van der Waals surface area contributed by atoms with E-state index in [9.17, 15) is 23.6 Å². The Morgan fingerprint density at radius 3 is 2.61 bits per heavy atom. The second-order valence-corrected chi connectivity index (χ2v) is 6.73. The molecule has 0 unspecified atom stereocenters. The van der Waals surface area contributed by atoms with Crippen molar-refractivity contribution in [2.24, 2.45) is 11.7 Å². The smallest absolute Gasteiger partial charge is 0.256 e. The van der Waals surface area contributed by atoms with E-state index in [1.54, 1.807) is 0 Å². The van der Waals surface area contributed by atoms with E-state index in [-0.39, 0.29) is 36.4 Å². The Morgan fingerprint density at radius 1 is 1.29 bits per heavy atom. The van der Waals surface area contributed by atoms with Crippen LogP contribution in [-0.2, 0) is 23.9 Å². The van der Waals surface area contributed by atoms with Gasteiger partial charge in [0.25, 0.3) is 11.8 Å². The predicted octanol–water partition coefficient (Wildman–Crippen LogP) is -0.102. The molecule has 28 heavy (non-hydrogen) atoms. The van der Waals surface area contributed by atoms with Crippen molar-refractivity contribution < 1.29 is 28.3 Å². The third-order valence-electron chi connectivity index (χ3n) is 4.80. The Morgan fingerprint density at radius 2 is 2.04 bits per heavy atom. The summed E-state index contributed by atoms with van der Waals surface area (Å²) in [6.45, 7) is 0.391. The molecule has 9 nitrogen and oxygen atoms in total. The Kier molecular flexibility index (Phi) is 5.88. The van der Waals surface area contributed by atoms with Gasteiger partial charge in [-0.15, -0.1) is 0 Å². The maximum atomic E-state index is 14.4. The van der Waals surface area contributed by atoms with Crippen molar-refractivity contribution in [1.82, 2.24) is 5.32 Å². The molecule has 4 N–H and O–H groups in total. The number of nitrogens with one attached hydrogen (secondary N) is 2. The number of anilines is 2. The van der Waals surface area contributed by atoms with Crippen molar-refractivity contribution in [3.63, 3.8) is 0 Å². The number of primary amides is 1. The van der Waals surface area contributed by atoms with Crippen LogP contribution in [0.1, 0.15) is 19.3 Å². The van der Waals surface area contributed by atoms with Crippen molar-refractivity contribution in [2.75, 3.05) is 30.0 Å². The van der Waals surface area contributed by atoms with Crippen LogP contribution in [0.15, 0.2) is 18.2 Å². The molecule has 2 aliphatic rings. The Bertz CT molecular complexity index is 811. The number of benzene rings is 1. The highest BCUT2D eigenvalue weighted by atomic mass is 19.1. The highest BCUT2D eigenvalue weighted by molar-refractivity contribution is 6.11. The zero-order valence-electron chi connectivity index (χ0n) is 15.1. The van der Waals surface area contributed by atoms with Crippen LogP contribution in [-0.4, -0.2) is 49.4 Å². The number of morpholine rings is 1. The van der Waals surface area contributed by atoms with Crippen LogP contribution in [0.25, 0.3) is 0 Å². The summed E-state index contributed by atoms with van der Waals surface area (Å²) in [7, 11) is 0. The van der Waals surface area contributed by atoms with E-state index in [0.29, 0.717) is 19.4 Å². The molecule has 150 valence electrons. The lowest BCUT2D eigenvalue weighted by Crippen LogP contribution is -2.53. The first-order valence-corrected chi connectivity index (χ1v) is 8.95. The average Bonchev–Trinajstić information content (AvgIpc) is 2.59. The first kappa shape index (κ1) is 19.7. The molecule has 1 aliphatic heterocycles. The van der Waals surface area contributed by atoms with E-state index in [1.165, 1.54) is 17.0 Å². The first-order chi connectivity index (χ1) is 13.4. The third kappa shape index (κ3) is 4.28. The number of nitrogens with zero attached hydrogens (tertiary/aromatic N) is 1. The van der Waals surface area contributed by atoms with Crippen LogP contribution in [0.2, 0.25) is 0 Å². The number of amides is 4. The van der Waals surface area contributed by atoms with E-state index in [1.807, 2.05) is 0 Å². The normalized spacial score (nSPS) is 18.2. The van der Waals surface area contributed by atoms with Gasteiger partial charge in [-0.2, -0.15) is 0 Å². The summed E-state index contributed by atoms with van der Waals surface area (Å²) in [5, 5.41) is 4.70. The van der Waals surface area contributed by atoms with Crippen LogP contribution in [0.5, 0.6) is 0 Å². The highest BCUT2D eigenvalue weighted by Gasteiger charge is 2.32. The summed E-state index contributed by atoms with van der Waals surface area (Å²) in [4.78, 5) is 49.0. The lowest BCUT2D eigenvalue weighted by atomic mass is 9.84. The van der Waals surface area contributed by atoms with Crippen LogP contribution >= 0.6 is 0 Å². The first-order valence-electron chi connectivity index (χ1n) is 8.95. The van der Waals surface area contributed by atoms with Gasteiger partial charge in [0, 0.05) is 18.2 Å². The van der Waals surface area contributed by atoms with Gasteiger partial charge in [-0.05, 0) is 31.0 Å². The predicted molar refractivity (Wildman–Crippen MR) is 96.7 cm³/mol. The molecule has 1 aromatic carbocycles. The molecule has 4 amide bonds. The summed E-state index contributed by atoms with van der Waals surface area (Å²) >= 11 is 0. The lowest BCUT2D eigenvalue weighted by molar-refractivity contribution is -0.136. The van der Waals surface area contributed by atoms with Gasteiger partial charge in [0.2, 0.25) is 11.8 Å². The summed E-state index contributed by atoms with van der Waals surface area (Å²) < 4.78 is 19.5. The Labute approximate surface area is 160 Å². The molecule has 0 bridgehead atoms. The number of ether oxygens (including phenoxy) is 1. The number of hydrogen-bond donors (Lipinski definition) is 3. The fourth-order valence-electron chi connectivity index (χ4n) is 2.99. The van der Waals surface area contributed by atoms with Gasteiger partial charge in [0.05, 0.1) is 12.3 Å². The number of carbonyl (C=O) groups excluding carboxylic acids is 4. The van der Waals surface area contributed by atoms with E-state index in [4.69, 9.17) is 10.5 Å². The molecule has 3 rings (SSSR count). The average molecular weight is 392 g/mol. The van der Waals surface area contributed by atoms with Gasteiger partial charge < -0.3 is 26.0 Å². The molecule has 10 heteroatoms. The van der Waals surface area contributed by atoms with E-state index in [2.05, 4.69) is 10.6 Å². The largest absolute Gasteiger partial charge is 0.370 e. The molecule has 1 heterocycles. The minimum absolute atomic E-state index is 0.0658. The molecule has 1 saturated heterocycles. The zero-order chi connectivity index (χ0) is 20.3. The fraction of sp³-hybridized carbons (Fsp3) is 0.444. The molecule has 2 fully saturated rings. The lowest BCUT2D eigenvalue weighted by Gasteiger charge is -2.27. The molecule has 1 saturated carbocycles. The minimum atomic E-state index is -1.56. The summed E-state index contributed by atoms with van der Waals surface area (Å²) in [6.07, 6.45) is 2.32. The highest BCUT2D eigenvalue weighted by Crippen LogP contribution is 2.27. The van der Waals surface area contributed by atoms with Crippen molar-refractivity contribution in [3.05, 3.63) is 24.0 Å². The van der Waals surface area contributed by atoms with Gasteiger partial charge >= 0.3 is 0 Å². The van der Waals surface area contributed by atoms with E-state index >= 15 is 0 Å². The fourth-order valence-corrected chi connectivity index (χ4v) is 2.99. The van der Waals surface area contributed by atoms with Gasteiger partial charge in [-0.25, -0.2) is 4.39 Å². The Hall–Kier alpha value is -3.01. The number of carbonyl (C=O) groups is 4. The molecule has 1 atom stereocenters. The van der Waals surface area contributed by atoms with Crippen molar-refractivity contribution in [1.29, 1.82) is 0 Å². The van der Waals surface area contributed by atoms with Gasteiger partial charge in [0.15, 0.2) is 6.04 Å².